The van der Waals surface area contributed by atoms with Crippen molar-refractivity contribution in [1.29, 1.82) is 0 Å². The normalized spacial score (nSPS) is 11.1. The second kappa shape index (κ2) is 9.02. The van der Waals surface area contributed by atoms with Gasteiger partial charge in [0.1, 0.15) is 0 Å². The maximum absolute atomic E-state index is 5.88. The van der Waals surface area contributed by atoms with E-state index in [4.69, 9.17) is 10.5 Å². The highest BCUT2D eigenvalue weighted by Gasteiger charge is 2.18. The second-order valence-electron chi connectivity index (χ2n) is 4.60. The van der Waals surface area contributed by atoms with E-state index in [1.54, 1.807) is 0 Å². The van der Waals surface area contributed by atoms with E-state index < -0.39 is 0 Å². The number of aromatic nitrogens is 1. The van der Waals surface area contributed by atoms with Crippen LogP contribution in [-0.2, 0) is 0 Å². The first-order valence-electron chi connectivity index (χ1n) is 7.52. The molecule has 0 aliphatic carbocycles. The summed E-state index contributed by atoms with van der Waals surface area (Å²) < 4.78 is 9.85. The zero-order valence-corrected chi connectivity index (χ0v) is 14.0. The third-order valence-corrected chi connectivity index (χ3v) is 4.32. The third kappa shape index (κ3) is 4.52. The molecule has 0 bridgehead atoms. The lowest BCUT2D eigenvalue weighted by molar-refractivity contribution is 0.300. The minimum Gasteiger partial charge on any atom is -0.487 e. The Morgan fingerprint density at radius 2 is 1.80 bits per heavy atom. The zero-order valence-electron chi connectivity index (χ0n) is 13.2. The van der Waals surface area contributed by atoms with Crippen molar-refractivity contribution in [3.8, 4) is 5.75 Å². The van der Waals surface area contributed by atoms with Crippen LogP contribution in [0.4, 0.5) is 10.8 Å². The van der Waals surface area contributed by atoms with Crippen molar-refractivity contribution in [2.24, 2.45) is 0 Å². The van der Waals surface area contributed by atoms with E-state index in [1.807, 2.05) is 6.92 Å². The first-order chi connectivity index (χ1) is 9.67. The second-order valence-corrected chi connectivity index (χ2v) is 5.35. The van der Waals surface area contributed by atoms with E-state index in [-0.39, 0.29) is 0 Å². The fourth-order valence-corrected chi connectivity index (χ4v) is 3.04. The summed E-state index contributed by atoms with van der Waals surface area (Å²) in [5.74, 6) is 1.26. The van der Waals surface area contributed by atoms with Crippen molar-refractivity contribution >= 4 is 22.4 Å². The smallest absolute Gasteiger partial charge is 0.197 e. The van der Waals surface area contributed by atoms with Crippen molar-refractivity contribution in [1.82, 2.24) is 9.27 Å². The molecule has 0 radical (unpaired) electrons. The van der Waals surface area contributed by atoms with Gasteiger partial charge in [0.05, 0.1) is 6.61 Å². The molecule has 1 rings (SSSR count). The van der Waals surface area contributed by atoms with Gasteiger partial charge in [-0.25, -0.2) is 0 Å². The lowest BCUT2D eigenvalue weighted by Gasteiger charge is -2.24. The Balaban J connectivity index is 2.62. The van der Waals surface area contributed by atoms with Crippen molar-refractivity contribution in [2.45, 2.75) is 34.1 Å². The van der Waals surface area contributed by atoms with Crippen LogP contribution >= 0.6 is 11.5 Å². The Kier molecular flexibility index (Phi) is 7.69. The van der Waals surface area contributed by atoms with Gasteiger partial charge >= 0.3 is 0 Å². The summed E-state index contributed by atoms with van der Waals surface area (Å²) in [4.78, 5) is 4.75. The predicted octanol–water partition coefficient (Wildman–Crippen LogP) is 2.68. The highest BCUT2D eigenvalue weighted by atomic mass is 32.1. The first-order valence-corrected chi connectivity index (χ1v) is 8.30. The number of rotatable bonds is 10. The monoisotopic (exact) mass is 300 g/mol. The summed E-state index contributed by atoms with van der Waals surface area (Å²) in [6.07, 6.45) is 1.14. The Bertz CT molecular complexity index is 379. The van der Waals surface area contributed by atoms with E-state index in [0.717, 1.165) is 49.9 Å². The standard InChI is InChI=1S/C14H28N4OS/c1-5-17(6-2)10-9-11-18(7-3)14-12(19-8-4)13(15)16-20-14/h5-11H2,1-4H3,(H2,15,16). The number of anilines is 2. The van der Waals surface area contributed by atoms with Crippen LogP contribution in [-0.4, -0.2) is 48.6 Å². The van der Waals surface area contributed by atoms with Crippen molar-refractivity contribution in [3.63, 3.8) is 0 Å². The van der Waals surface area contributed by atoms with E-state index in [9.17, 15) is 0 Å². The van der Waals surface area contributed by atoms with Gasteiger partial charge < -0.3 is 20.3 Å². The van der Waals surface area contributed by atoms with Gasteiger partial charge in [0, 0.05) is 13.1 Å². The first kappa shape index (κ1) is 17.0. The fourth-order valence-electron chi connectivity index (χ4n) is 2.19. The van der Waals surface area contributed by atoms with Gasteiger partial charge in [-0.15, -0.1) is 0 Å². The van der Waals surface area contributed by atoms with E-state index in [2.05, 4.69) is 34.9 Å². The van der Waals surface area contributed by atoms with Crippen LogP contribution in [0.15, 0.2) is 0 Å². The molecule has 0 saturated heterocycles. The van der Waals surface area contributed by atoms with Gasteiger partial charge in [0.2, 0.25) is 0 Å². The largest absolute Gasteiger partial charge is 0.487 e. The highest BCUT2D eigenvalue weighted by Crippen LogP contribution is 2.38. The van der Waals surface area contributed by atoms with Gasteiger partial charge in [-0.3, -0.25) is 0 Å². The molecule has 0 aliphatic rings. The van der Waals surface area contributed by atoms with Gasteiger partial charge in [0.15, 0.2) is 16.6 Å². The minimum atomic E-state index is 0.508. The number of hydrogen-bond acceptors (Lipinski definition) is 6. The maximum atomic E-state index is 5.88. The molecular formula is C14H28N4OS. The molecule has 0 amide bonds. The topological polar surface area (TPSA) is 54.6 Å². The lowest BCUT2D eigenvalue weighted by atomic mass is 10.3. The Morgan fingerprint density at radius 1 is 1.10 bits per heavy atom. The summed E-state index contributed by atoms with van der Waals surface area (Å²) in [6.45, 7) is 14.5. The number of nitrogen functional groups attached to an aromatic ring is 1. The molecule has 5 nitrogen and oxygen atoms in total. The quantitative estimate of drug-likeness (QED) is 0.720. The maximum Gasteiger partial charge on any atom is 0.197 e. The molecule has 116 valence electrons. The lowest BCUT2D eigenvalue weighted by Crippen LogP contribution is -2.29. The SMILES string of the molecule is CCOc1c(N)nsc1N(CC)CCCN(CC)CC. The molecule has 0 unspecified atom stereocenters. The van der Waals surface area contributed by atoms with Gasteiger partial charge in [-0.1, -0.05) is 13.8 Å². The van der Waals surface area contributed by atoms with Gasteiger partial charge in [0.25, 0.3) is 0 Å². The van der Waals surface area contributed by atoms with Crippen LogP contribution in [0.25, 0.3) is 0 Å². The summed E-state index contributed by atoms with van der Waals surface area (Å²) in [5, 5.41) is 1.06. The average Bonchev–Trinajstić information content (AvgIpc) is 2.82. The predicted molar refractivity (Wildman–Crippen MR) is 88.0 cm³/mol. The molecule has 0 atom stereocenters. The molecule has 0 spiro atoms. The molecule has 0 fully saturated rings. The number of nitrogens with zero attached hydrogens (tertiary/aromatic N) is 3. The molecule has 1 aromatic heterocycles. The molecule has 1 heterocycles. The molecular weight excluding hydrogens is 272 g/mol. The molecule has 2 N–H and O–H groups in total. The summed E-state index contributed by atoms with van der Waals surface area (Å²) in [7, 11) is 0. The van der Waals surface area contributed by atoms with Crippen LogP contribution in [0.2, 0.25) is 0 Å². The van der Waals surface area contributed by atoms with E-state index in [0.29, 0.717) is 12.4 Å². The van der Waals surface area contributed by atoms with E-state index >= 15 is 0 Å². The number of hydrogen-bond donors (Lipinski definition) is 1. The van der Waals surface area contributed by atoms with Crippen molar-refractivity contribution in [2.75, 3.05) is 50.0 Å². The number of ether oxygens (including phenoxy) is 1. The number of nitrogens with two attached hydrogens (primary N) is 1. The van der Waals surface area contributed by atoms with E-state index in [1.165, 1.54) is 11.5 Å². The Morgan fingerprint density at radius 3 is 2.35 bits per heavy atom. The average molecular weight is 300 g/mol. The van der Waals surface area contributed by atoms with Crippen LogP contribution < -0.4 is 15.4 Å². The summed E-state index contributed by atoms with van der Waals surface area (Å²) >= 11 is 1.43. The van der Waals surface area contributed by atoms with Crippen LogP contribution in [0.1, 0.15) is 34.1 Å². The van der Waals surface area contributed by atoms with Crippen molar-refractivity contribution < 1.29 is 4.74 Å². The van der Waals surface area contributed by atoms with Crippen LogP contribution in [0.5, 0.6) is 5.75 Å². The Hall–Kier alpha value is -1.01. The van der Waals surface area contributed by atoms with Crippen LogP contribution in [0.3, 0.4) is 0 Å². The van der Waals surface area contributed by atoms with Crippen LogP contribution in [0, 0.1) is 0 Å². The highest BCUT2D eigenvalue weighted by molar-refractivity contribution is 7.11. The fraction of sp³-hybridized carbons (Fsp3) is 0.786. The molecule has 0 saturated carbocycles. The third-order valence-electron chi connectivity index (χ3n) is 3.41. The molecule has 0 aromatic carbocycles. The molecule has 1 aromatic rings. The molecule has 20 heavy (non-hydrogen) atoms. The molecule has 0 aliphatic heterocycles. The Labute approximate surface area is 126 Å². The summed E-state index contributed by atoms with van der Waals surface area (Å²) in [5.41, 5.74) is 5.88. The van der Waals surface area contributed by atoms with Gasteiger partial charge in [-0.05, 0) is 51.4 Å². The zero-order chi connectivity index (χ0) is 15.0. The summed E-state index contributed by atoms with van der Waals surface area (Å²) in [6, 6.07) is 0. The van der Waals surface area contributed by atoms with Crippen molar-refractivity contribution in [3.05, 3.63) is 0 Å². The minimum absolute atomic E-state index is 0.508. The molecule has 6 heteroatoms. The van der Waals surface area contributed by atoms with Gasteiger partial charge in [-0.2, -0.15) is 4.37 Å².